The Balaban J connectivity index is 1.21. The van der Waals surface area contributed by atoms with Gasteiger partial charge in [0.1, 0.15) is 17.8 Å². The lowest BCUT2D eigenvalue weighted by Gasteiger charge is -2.64. The standard InChI is InChI=1S/C43H65NO9/c1-23(2)39(11,20-37(5,6)7)34(46)53-42-17-26-15-41(49,21-42)16-27(18-42)31(26)32-25-13-28-33(52-36(48)43(28,32)22-44)29(14-25)51-30(45)19-50-35(47)40(12,24(3)4)38(8,9)10/h23-29,31-33,49H,13-21H2,1-12H3. The van der Waals surface area contributed by atoms with Crippen molar-refractivity contribution in [1.82, 2.24) is 0 Å². The summed E-state index contributed by atoms with van der Waals surface area (Å²) >= 11 is 0. The van der Waals surface area contributed by atoms with Gasteiger partial charge in [-0.15, -0.1) is 0 Å². The quantitative estimate of drug-likeness (QED) is 0.180. The van der Waals surface area contributed by atoms with Crippen LogP contribution in [-0.4, -0.2) is 59.0 Å². The molecule has 7 rings (SSSR count). The summed E-state index contributed by atoms with van der Waals surface area (Å²) in [4.78, 5) is 54.7. The number of rotatable bonds is 10. The van der Waals surface area contributed by atoms with Crippen LogP contribution in [0.15, 0.2) is 0 Å². The molecule has 10 atom stereocenters. The molecule has 0 aromatic heterocycles. The minimum atomic E-state index is -1.37. The van der Waals surface area contributed by atoms with Crippen molar-refractivity contribution >= 4 is 23.9 Å². The second kappa shape index (κ2) is 12.7. The molecule has 0 spiro atoms. The average Bonchev–Trinajstić information content (AvgIpc) is 3.44. The molecular formula is C43H65NO9. The van der Waals surface area contributed by atoms with E-state index in [0.717, 1.165) is 0 Å². The third-order valence-corrected chi connectivity index (χ3v) is 15.6. The first kappa shape index (κ1) is 40.0. The lowest BCUT2D eigenvalue weighted by atomic mass is 9.44. The van der Waals surface area contributed by atoms with Crippen molar-refractivity contribution in [3.8, 4) is 6.07 Å². The lowest BCUT2D eigenvalue weighted by molar-refractivity contribution is -0.250. The summed E-state index contributed by atoms with van der Waals surface area (Å²) in [7, 11) is 0. The number of carbonyl (C=O) groups is 4. The number of esters is 4. The Labute approximate surface area is 316 Å². The van der Waals surface area contributed by atoms with Gasteiger partial charge in [0.2, 0.25) is 0 Å². The first-order chi connectivity index (χ1) is 24.3. The summed E-state index contributed by atoms with van der Waals surface area (Å²) < 4.78 is 24.1. The van der Waals surface area contributed by atoms with E-state index in [4.69, 9.17) is 18.9 Å². The molecule has 10 heteroatoms. The van der Waals surface area contributed by atoms with Gasteiger partial charge >= 0.3 is 23.9 Å². The molecule has 1 aliphatic heterocycles. The van der Waals surface area contributed by atoms with Crippen LogP contribution in [0.1, 0.15) is 134 Å². The first-order valence-corrected chi connectivity index (χ1v) is 20.2. The zero-order chi connectivity index (χ0) is 39.5. The van der Waals surface area contributed by atoms with Crippen molar-refractivity contribution in [1.29, 1.82) is 5.26 Å². The number of hydrogen-bond donors (Lipinski definition) is 1. The normalized spacial score (nSPS) is 40.7. The molecule has 0 aromatic rings. The van der Waals surface area contributed by atoms with Crippen LogP contribution < -0.4 is 0 Å². The van der Waals surface area contributed by atoms with E-state index in [1.165, 1.54) is 0 Å². The molecule has 7 fully saturated rings. The monoisotopic (exact) mass is 739 g/mol. The molecule has 6 saturated carbocycles. The molecule has 0 aromatic carbocycles. The molecule has 0 amide bonds. The fraction of sp³-hybridized carbons (Fsp3) is 0.884. The predicted octanol–water partition coefficient (Wildman–Crippen LogP) is 7.19. The fourth-order valence-corrected chi connectivity index (χ4v) is 12.8. The number of hydrogen-bond acceptors (Lipinski definition) is 10. The summed E-state index contributed by atoms with van der Waals surface area (Å²) in [6, 6.07) is 2.48. The SMILES string of the molecule is CC(C)C(C)(CC(C)(C)C)C(=O)OC12CC3CC(O)(CC(C1)C3C1C3CC(OC(=O)COC(=O)C(C)(C(C)C)C(C)(C)C)C4OC(=O)C1(C#N)C4C3)C2. The van der Waals surface area contributed by atoms with Crippen LogP contribution >= 0.6 is 0 Å². The zero-order valence-electron chi connectivity index (χ0n) is 34.3. The molecule has 1 N–H and O–H groups in total. The van der Waals surface area contributed by atoms with Gasteiger partial charge in [-0.1, -0.05) is 69.2 Å². The molecule has 0 radical (unpaired) electrons. The summed E-state index contributed by atoms with van der Waals surface area (Å²) in [5.74, 6) is -2.84. The van der Waals surface area contributed by atoms with Gasteiger partial charge in [0.25, 0.3) is 0 Å². The van der Waals surface area contributed by atoms with Crippen molar-refractivity contribution in [3.05, 3.63) is 0 Å². The number of ether oxygens (including phenoxy) is 4. The van der Waals surface area contributed by atoms with E-state index in [0.29, 0.717) is 51.4 Å². The van der Waals surface area contributed by atoms with Crippen molar-refractivity contribution in [2.24, 2.45) is 74.4 Å². The molecule has 10 unspecified atom stereocenters. The summed E-state index contributed by atoms with van der Waals surface area (Å²) in [6.45, 7) is 23.7. The highest BCUT2D eigenvalue weighted by molar-refractivity contribution is 5.85. The van der Waals surface area contributed by atoms with Gasteiger partial charge in [0.05, 0.1) is 22.5 Å². The highest BCUT2D eigenvalue weighted by Gasteiger charge is 2.76. The highest BCUT2D eigenvalue weighted by Crippen LogP contribution is 2.71. The average molecular weight is 740 g/mol. The van der Waals surface area contributed by atoms with E-state index in [1.807, 2.05) is 48.5 Å². The predicted molar refractivity (Wildman–Crippen MR) is 195 cm³/mol. The Kier molecular flexibility index (Phi) is 9.57. The highest BCUT2D eigenvalue weighted by atomic mass is 16.6. The van der Waals surface area contributed by atoms with E-state index >= 15 is 0 Å². The molecular weight excluding hydrogens is 674 g/mol. The van der Waals surface area contributed by atoms with Gasteiger partial charge in [-0.05, 0) is 111 Å². The van der Waals surface area contributed by atoms with Crippen LogP contribution in [0.25, 0.3) is 0 Å². The van der Waals surface area contributed by atoms with Crippen molar-refractivity contribution < 1.29 is 43.2 Å². The Morgan fingerprint density at radius 1 is 0.906 bits per heavy atom. The summed E-state index contributed by atoms with van der Waals surface area (Å²) in [6.07, 6.45) is 2.91. The second-order valence-electron chi connectivity index (χ2n) is 21.6. The van der Waals surface area contributed by atoms with Crippen LogP contribution in [-0.2, 0) is 38.1 Å². The molecule has 1 saturated heterocycles. The number of nitrogens with zero attached hydrogens (tertiary/aromatic N) is 1. The third-order valence-electron chi connectivity index (χ3n) is 15.6. The molecule has 296 valence electrons. The third kappa shape index (κ3) is 6.22. The van der Waals surface area contributed by atoms with Gasteiger partial charge in [0, 0.05) is 12.3 Å². The van der Waals surface area contributed by atoms with Gasteiger partial charge in [-0.2, -0.15) is 5.26 Å². The van der Waals surface area contributed by atoms with E-state index in [-0.39, 0.29) is 52.8 Å². The van der Waals surface area contributed by atoms with Gasteiger partial charge < -0.3 is 24.1 Å². The Morgan fingerprint density at radius 2 is 1.51 bits per heavy atom. The Morgan fingerprint density at radius 3 is 2.02 bits per heavy atom. The second-order valence-corrected chi connectivity index (χ2v) is 21.6. The van der Waals surface area contributed by atoms with E-state index in [9.17, 15) is 29.5 Å². The molecule has 10 nitrogen and oxygen atoms in total. The van der Waals surface area contributed by atoms with Gasteiger partial charge in [-0.25, -0.2) is 4.79 Å². The van der Waals surface area contributed by atoms with Crippen molar-refractivity contribution in [2.45, 2.75) is 158 Å². The van der Waals surface area contributed by atoms with Crippen molar-refractivity contribution in [3.63, 3.8) is 0 Å². The van der Waals surface area contributed by atoms with Crippen LogP contribution in [0, 0.1) is 85.7 Å². The smallest absolute Gasteiger partial charge is 0.344 e. The van der Waals surface area contributed by atoms with E-state index < -0.39 is 75.5 Å². The molecule has 6 bridgehead atoms. The van der Waals surface area contributed by atoms with E-state index in [1.54, 1.807) is 0 Å². The number of fused-ring (bicyclic) bond motifs is 1. The maximum absolute atomic E-state index is 14.2. The largest absolute Gasteiger partial charge is 0.459 e. The lowest BCUT2D eigenvalue weighted by Crippen LogP contribution is -2.66. The molecule has 7 aliphatic rings. The number of carbonyl (C=O) groups excluding carboxylic acids is 4. The zero-order valence-corrected chi connectivity index (χ0v) is 34.3. The first-order valence-electron chi connectivity index (χ1n) is 20.2. The summed E-state index contributed by atoms with van der Waals surface area (Å²) in [5, 5.41) is 22.9. The van der Waals surface area contributed by atoms with Crippen LogP contribution in [0.4, 0.5) is 0 Å². The maximum Gasteiger partial charge on any atom is 0.344 e. The van der Waals surface area contributed by atoms with Gasteiger partial charge in [0.15, 0.2) is 12.0 Å². The Bertz CT molecular complexity index is 1550. The van der Waals surface area contributed by atoms with Crippen LogP contribution in [0.5, 0.6) is 0 Å². The van der Waals surface area contributed by atoms with Crippen LogP contribution in [0.3, 0.4) is 0 Å². The fourth-order valence-electron chi connectivity index (χ4n) is 12.8. The van der Waals surface area contributed by atoms with Crippen LogP contribution in [0.2, 0.25) is 0 Å². The Hall–Kier alpha value is -2.67. The number of aliphatic hydroxyl groups is 1. The number of nitriles is 1. The van der Waals surface area contributed by atoms with E-state index in [2.05, 4.69) is 40.7 Å². The maximum atomic E-state index is 14.2. The topological polar surface area (TPSA) is 149 Å². The molecule has 6 aliphatic carbocycles. The molecule has 53 heavy (non-hydrogen) atoms. The van der Waals surface area contributed by atoms with Crippen molar-refractivity contribution in [2.75, 3.05) is 6.61 Å². The summed E-state index contributed by atoms with van der Waals surface area (Å²) in [5.41, 5.74) is -5.14. The minimum Gasteiger partial charge on any atom is -0.459 e. The minimum absolute atomic E-state index is 0.0320. The molecule has 1 heterocycles. The van der Waals surface area contributed by atoms with Gasteiger partial charge in [-0.3, -0.25) is 14.4 Å².